The molecule has 0 spiro atoms. The molecule has 1 aromatic carbocycles. The van der Waals surface area contributed by atoms with Gasteiger partial charge in [0.05, 0.1) is 5.57 Å². The number of rotatable bonds is 3. The molecule has 3 nitrogen and oxygen atoms in total. The van der Waals surface area contributed by atoms with Crippen molar-refractivity contribution >= 4 is 17.5 Å². The summed E-state index contributed by atoms with van der Waals surface area (Å²) in [6, 6.07) is 7.93. The minimum atomic E-state index is -1.12. The summed E-state index contributed by atoms with van der Waals surface area (Å²) in [6.45, 7) is 4.12. The minimum absolute atomic E-state index is 0.0956. The van der Waals surface area contributed by atoms with E-state index in [1.165, 1.54) is 0 Å². The Morgan fingerprint density at radius 2 is 1.86 bits per heavy atom. The van der Waals surface area contributed by atoms with Crippen molar-refractivity contribution in [2.24, 2.45) is 11.8 Å². The maximum atomic E-state index is 13.1. The molecule has 0 N–H and O–H groups in total. The minimum Gasteiger partial charge on any atom is -0.345 e. The molecule has 116 valence electrons. The second kappa shape index (κ2) is 5.69. The molecule has 0 fully saturated rings. The van der Waals surface area contributed by atoms with E-state index in [0.29, 0.717) is 5.57 Å². The number of carbonyl (C=O) groups excluding carboxylic acids is 1. The van der Waals surface area contributed by atoms with E-state index in [4.69, 9.17) is 9.47 Å². The van der Waals surface area contributed by atoms with Crippen LogP contribution in [0.4, 0.5) is 0 Å². The first-order valence-electron chi connectivity index (χ1n) is 7.40. The Balaban J connectivity index is 2.21. The highest BCUT2D eigenvalue weighted by Gasteiger charge is 2.49. The highest BCUT2D eigenvalue weighted by Crippen LogP contribution is 2.52. The van der Waals surface area contributed by atoms with Gasteiger partial charge in [-0.25, -0.2) is 0 Å². The third-order valence-electron chi connectivity index (χ3n) is 4.33. The van der Waals surface area contributed by atoms with Gasteiger partial charge in [-0.2, -0.15) is 0 Å². The lowest BCUT2D eigenvalue weighted by molar-refractivity contribution is -0.192. The molecule has 0 bridgehead atoms. The van der Waals surface area contributed by atoms with Crippen molar-refractivity contribution in [2.75, 3.05) is 14.2 Å². The van der Waals surface area contributed by atoms with Crippen LogP contribution in [-0.2, 0) is 20.1 Å². The molecule has 1 heterocycles. The number of allylic oxidation sites excluding steroid dienone is 2. The largest absolute Gasteiger partial charge is 0.345 e. The van der Waals surface area contributed by atoms with Crippen molar-refractivity contribution in [3.63, 3.8) is 0 Å². The molecule has 1 aromatic rings. The number of Topliss-reactive ketones (excluding diaryl/α,β-unsaturated/α-hetero) is 1. The highest BCUT2D eigenvalue weighted by molar-refractivity contribution is 8.03. The molecule has 1 unspecified atom stereocenters. The molecule has 1 aliphatic heterocycles. The Labute approximate surface area is 135 Å². The lowest BCUT2D eigenvalue weighted by atomic mass is 9.79. The van der Waals surface area contributed by atoms with Crippen molar-refractivity contribution in [1.29, 1.82) is 0 Å². The third-order valence-corrected chi connectivity index (χ3v) is 5.47. The fraction of sp³-hybridized carbons (Fsp3) is 0.389. The summed E-state index contributed by atoms with van der Waals surface area (Å²) in [6.07, 6.45) is 4.04. The molecule has 2 aliphatic rings. The van der Waals surface area contributed by atoms with Crippen LogP contribution < -0.4 is 0 Å². The fourth-order valence-corrected chi connectivity index (χ4v) is 4.35. The number of methoxy groups -OCH3 is 2. The summed E-state index contributed by atoms with van der Waals surface area (Å²) in [5, 5.41) is 0. The molecule has 3 rings (SSSR count). The van der Waals surface area contributed by atoms with E-state index >= 15 is 0 Å². The van der Waals surface area contributed by atoms with Crippen LogP contribution in [0.1, 0.15) is 19.4 Å². The fourth-order valence-electron chi connectivity index (χ4n) is 3.17. The van der Waals surface area contributed by atoms with Gasteiger partial charge in [0, 0.05) is 35.5 Å². The average molecular weight is 316 g/mol. The smallest absolute Gasteiger partial charge is 0.227 e. The normalized spacial score (nSPS) is 22.8. The standard InChI is InChI=1S/C18H20O3S/c1-11(2)12-9-10-15-16(17(12)19)18(20-3,21-4)13-7-5-6-8-14(13)22-15/h5-12H,1-4H3. The Morgan fingerprint density at radius 3 is 2.50 bits per heavy atom. The van der Waals surface area contributed by atoms with E-state index < -0.39 is 5.79 Å². The van der Waals surface area contributed by atoms with Gasteiger partial charge < -0.3 is 9.47 Å². The van der Waals surface area contributed by atoms with Gasteiger partial charge in [0.1, 0.15) is 0 Å². The maximum absolute atomic E-state index is 13.1. The van der Waals surface area contributed by atoms with E-state index in [-0.39, 0.29) is 17.6 Å². The summed E-state index contributed by atoms with van der Waals surface area (Å²) in [5.74, 6) is -0.912. The van der Waals surface area contributed by atoms with Gasteiger partial charge in [-0.1, -0.05) is 56.0 Å². The molecule has 0 aromatic heterocycles. The second-order valence-corrected chi connectivity index (χ2v) is 6.94. The number of carbonyl (C=O) groups is 1. The van der Waals surface area contributed by atoms with Crippen LogP contribution in [0.2, 0.25) is 0 Å². The van der Waals surface area contributed by atoms with Gasteiger partial charge in [-0.15, -0.1) is 0 Å². The van der Waals surface area contributed by atoms with E-state index in [9.17, 15) is 4.79 Å². The van der Waals surface area contributed by atoms with Crippen molar-refractivity contribution < 1.29 is 14.3 Å². The Kier molecular flexibility index (Phi) is 4.02. The molecular weight excluding hydrogens is 296 g/mol. The van der Waals surface area contributed by atoms with Gasteiger partial charge in [-0.05, 0) is 12.0 Å². The van der Waals surface area contributed by atoms with Gasteiger partial charge in [0.2, 0.25) is 5.79 Å². The molecule has 0 saturated carbocycles. The zero-order valence-electron chi connectivity index (χ0n) is 13.3. The summed E-state index contributed by atoms with van der Waals surface area (Å²) < 4.78 is 11.5. The molecule has 1 aliphatic carbocycles. The van der Waals surface area contributed by atoms with Crippen LogP contribution >= 0.6 is 11.8 Å². The van der Waals surface area contributed by atoms with Crippen molar-refractivity contribution in [3.8, 4) is 0 Å². The molecule has 0 radical (unpaired) electrons. The topological polar surface area (TPSA) is 35.5 Å². The molecule has 4 heteroatoms. The predicted octanol–water partition coefficient (Wildman–Crippen LogP) is 3.90. The first-order chi connectivity index (χ1) is 10.5. The Morgan fingerprint density at radius 1 is 1.18 bits per heavy atom. The summed E-state index contributed by atoms with van der Waals surface area (Å²) in [7, 11) is 3.19. The van der Waals surface area contributed by atoms with Crippen LogP contribution in [0.3, 0.4) is 0 Å². The lowest BCUT2D eigenvalue weighted by Crippen LogP contribution is -2.42. The number of ether oxygens (including phenoxy) is 2. The van der Waals surface area contributed by atoms with Gasteiger partial charge in [0.25, 0.3) is 0 Å². The SMILES string of the molecule is COC1(OC)C2=C(C=CC(C(C)C)C2=O)Sc2ccccc21. The number of thioether (sulfide) groups is 1. The van der Waals surface area contributed by atoms with Crippen LogP contribution in [0.15, 0.2) is 51.8 Å². The van der Waals surface area contributed by atoms with E-state index in [1.807, 2.05) is 36.4 Å². The quantitative estimate of drug-likeness (QED) is 0.792. The Bertz CT molecular complexity index is 669. The number of ketones is 1. The summed E-state index contributed by atoms with van der Waals surface area (Å²) >= 11 is 1.60. The average Bonchev–Trinajstić information content (AvgIpc) is 2.52. The van der Waals surface area contributed by atoms with Crippen molar-refractivity contribution in [3.05, 3.63) is 52.5 Å². The van der Waals surface area contributed by atoms with Crippen molar-refractivity contribution in [2.45, 2.75) is 24.5 Å². The van der Waals surface area contributed by atoms with Gasteiger partial charge >= 0.3 is 0 Å². The first-order valence-corrected chi connectivity index (χ1v) is 8.21. The van der Waals surface area contributed by atoms with E-state index in [2.05, 4.69) is 13.8 Å². The number of benzene rings is 1. The summed E-state index contributed by atoms with van der Waals surface area (Å²) in [4.78, 5) is 15.0. The van der Waals surface area contributed by atoms with E-state index in [0.717, 1.165) is 15.4 Å². The molecule has 0 amide bonds. The monoisotopic (exact) mass is 316 g/mol. The van der Waals surface area contributed by atoms with Crippen LogP contribution in [0.5, 0.6) is 0 Å². The lowest BCUT2D eigenvalue weighted by Gasteiger charge is -2.40. The number of hydrogen-bond donors (Lipinski definition) is 0. The second-order valence-electron chi connectivity index (χ2n) is 5.86. The Hall–Kier alpha value is -1.36. The molecular formula is C18H20O3S. The predicted molar refractivity (Wildman–Crippen MR) is 87.5 cm³/mol. The van der Waals surface area contributed by atoms with Gasteiger partial charge in [-0.3, -0.25) is 4.79 Å². The first kappa shape index (κ1) is 15.5. The van der Waals surface area contributed by atoms with E-state index in [1.54, 1.807) is 26.0 Å². The third kappa shape index (κ3) is 2.09. The van der Waals surface area contributed by atoms with Crippen LogP contribution in [0, 0.1) is 11.8 Å². The molecule has 1 atom stereocenters. The van der Waals surface area contributed by atoms with Crippen LogP contribution in [-0.4, -0.2) is 20.0 Å². The highest BCUT2D eigenvalue weighted by atomic mass is 32.2. The van der Waals surface area contributed by atoms with Crippen molar-refractivity contribution in [1.82, 2.24) is 0 Å². The molecule has 0 saturated heterocycles. The zero-order chi connectivity index (χ0) is 15.9. The zero-order valence-corrected chi connectivity index (χ0v) is 14.1. The maximum Gasteiger partial charge on any atom is 0.227 e. The van der Waals surface area contributed by atoms with Crippen LogP contribution in [0.25, 0.3) is 0 Å². The number of fused-ring (bicyclic) bond motifs is 1. The number of hydrogen-bond acceptors (Lipinski definition) is 4. The van der Waals surface area contributed by atoms with Gasteiger partial charge in [0.15, 0.2) is 5.78 Å². The summed E-state index contributed by atoms with van der Waals surface area (Å²) in [5.41, 5.74) is 1.53. The molecule has 22 heavy (non-hydrogen) atoms.